The van der Waals surface area contributed by atoms with Gasteiger partial charge in [-0.15, -0.1) is 10.2 Å². The molecule has 0 N–H and O–H groups in total. The number of hydrogen-bond acceptors (Lipinski definition) is 4. The topological polar surface area (TPSA) is 64.8 Å². The van der Waals surface area contributed by atoms with E-state index in [1.54, 1.807) is 6.07 Å². The smallest absolute Gasteiger partial charge is 0.296 e. The van der Waals surface area contributed by atoms with Gasteiger partial charge in [0.05, 0.1) is 5.56 Å². The maximum absolute atomic E-state index is 13.7. The molecule has 0 aliphatic carbocycles. The zero-order valence-corrected chi connectivity index (χ0v) is 12.1. The van der Waals surface area contributed by atoms with E-state index in [9.17, 15) is 12.8 Å². The molecule has 5 nitrogen and oxygen atoms in total. The zero-order valence-electron chi connectivity index (χ0n) is 8.93. The van der Waals surface area contributed by atoms with Crippen molar-refractivity contribution in [3.63, 3.8) is 0 Å². The highest BCUT2D eigenvalue weighted by Gasteiger charge is 2.23. The predicted octanol–water partition coefficient (Wildman–Crippen LogP) is 2.31. The average Bonchev–Trinajstić information content (AvgIpc) is 2.60. The van der Waals surface area contributed by atoms with Crippen LogP contribution in [0.3, 0.4) is 0 Å². The number of rotatable bonds is 2. The Morgan fingerprint density at radius 2 is 2.06 bits per heavy atom. The molecule has 18 heavy (non-hydrogen) atoms. The predicted molar refractivity (Wildman–Crippen MR) is 67.1 cm³/mol. The first kappa shape index (κ1) is 13.4. The third-order valence-electron chi connectivity index (χ3n) is 2.24. The lowest BCUT2D eigenvalue weighted by Gasteiger charge is -2.05. The molecule has 0 saturated carbocycles. The second kappa shape index (κ2) is 4.60. The molecule has 9 heteroatoms. The molecule has 0 saturated heterocycles. The van der Waals surface area contributed by atoms with E-state index in [-0.39, 0.29) is 11.4 Å². The highest BCUT2D eigenvalue weighted by atomic mass is 79.9. The van der Waals surface area contributed by atoms with Crippen LogP contribution in [0.25, 0.3) is 11.4 Å². The van der Waals surface area contributed by atoms with Crippen molar-refractivity contribution in [1.29, 1.82) is 0 Å². The van der Waals surface area contributed by atoms with Crippen LogP contribution in [0.5, 0.6) is 0 Å². The maximum atomic E-state index is 13.7. The van der Waals surface area contributed by atoms with Gasteiger partial charge in [0.2, 0.25) is 0 Å². The normalized spacial score (nSPS) is 11.8. The van der Waals surface area contributed by atoms with E-state index in [0.717, 1.165) is 4.57 Å². The SMILES string of the molecule is Cn1c(-c2c(F)cccc2Br)nnc1S(=O)(=O)Cl. The second-order valence-corrected chi connectivity index (χ2v) is 6.71. The molecule has 2 aromatic rings. The van der Waals surface area contributed by atoms with Crippen LogP contribution in [0.4, 0.5) is 4.39 Å². The minimum atomic E-state index is -4.02. The Bertz CT molecular complexity index is 696. The van der Waals surface area contributed by atoms with Gasteiger partial charge in [0.15, 0.2) is 5.82 Å². The summed E-state index contributed by atoms with van der Waals surface area (Å²) in [6.07, 6.45) is 0. The van der Waals surface area contributed by atoms with Crippen LogP contribution in [0.2, 0.25) is 0 Å². The fourth-order valence-corrected chi connectivity index (χ4v) is 2.93. The summed E-state index contributed by atoms with van der Waals surface area (Å²) in [5.74, 6) is -0.474. The molecule has 96 valence electrons. The molecule has 0 bridgehead atoms. The van der Waals surface area contributed by atoms with Gasteiger partial charge in [-0.2, -0.15) is 0 Å². The van der Waals surface area contributed by atoms with Crippen molar-refractivity contribution in [3.05, 3.63) is 28.5 Å². The summed E-state index contributed by atoms with van der Waals surface area (Å²) >= 11 is 3.17. The highest BCUT2D eigenvalue weighted by molar-refractivity contribution is 9.10. The van der Waals surface area contributed by atoms with E-state index in [1.165, 1.54) is 19.2 Å². The minimum absolute atomic E-state index is 0.0687. The van der Waals surface area contributed by atoms with Gasteiger partial charge in [-0.25, -0.2) is 12.8 Å². The zero-order chi connectivity index (χ0) is 13.5. The Morgan fingerprint density at radius 3 is 2.56 bits per heavy atom. The van der Waals surface area contributed by atoms with Crippen molar-refractivity contribution in [2.75, 3.05) is 0 Å². The lowest BCUT2D eigenvalue weighted by molar-refractivity contribution is 0.592. The molecule has 0 unspecified atom stereocenters. The van der Waals surface area contributed by atoms with Gasteiger partial charge in [-0.1, -0.05) is 6.07 Å². The van der Waals surface area contributed by atoms with E-state index >= 15 is 0 Å². The van der Waals surface area contributed by atoms with Crippen molar-refractivity contribution in [3.8, 4) is 11.4 Å². The first-order valence-corrected chi connectivity index (χ1v) is 7.71. The third-order valence-corrected chi connectivity index (χ3v) is 4.11. The van der Waals surface area contributed by atoms with Gasteiger partial charge in [0.25, 0.3) is 14.2 Å². The molecular weight excluding hydrogens is 349 g/mol. The largest absolute Gasteiger partial charge is 0.300 e. The van der Waals surface area contributed by atoms with Gasteiger partial charge in [0.1, 0.15) is 5.82 Å². The maximum Gasteiger partial charge on any atom is 0.296 e. The summed E-state index contributed by atoms with van der Waals surface area (Å²) in [5, 5.41) is 6.67. The summed E-state index contributed by atoms with van der Waals surface area (Å²) < 4.78 is 37.7. The molecule has 0 aliphatic heterocycles. The van der Waals surface area contributed by atoms with Crippen LogP contribution in [-0.2, 0) is 16.1 Å². The molecular formula is C9H6BrClFN3O2S. The minimum Gasteiger partial charge on any atom is -0.300 e. The van der Waals surface area contributed by atoms with Crippen LogP contribution in [-0.4, -0.2) is 23.2 Å². The van der Waals surface area contributed by atoms with Gasteiger partial charge < -0.3 is 0 Å². The van der Waals surface area contributed by atoms with E-state index < -0.39 is 20.0 Å². The van der Waals surface area contributed by atoms with Crippen LogP contribution in [0.15, 0.2) is 27.8 Å². The standard InChI is InChI=1S/C9H6BrClFN3O2S/c1-15-8(13-14-9(15)18(11,16)17)7-5(10)3-2-4-6(7)12/h2-4H,1H3. The lowest BCUT2D eigenvalue weighted by atomic mass is 10.2. The third kappa shape index (κ3) is 2.27. The van der Waals surface area contributed by atoms with Crippen molar-refractivity contribution < 1.29 is 12.8 Å². The van der Waals surface area contributed by atoms with Crippen molar-refractivity contribution in [2.24, 2.45) is 7.05 Å². The number of nitrogens with zero attached hydrogens (tertiary/aromatic N) is 3. The number of aromatic nitrogens is 3. The first-order chi connectivity index (χ1) is 8.32. The summed E-state index contributed by atoms with van der Waals surface area (Å²) in [4.78, 5) is 0. The molecule has 1 aromatic heterocycles. The molecule has 1 aromatic carbocycles. The summed E-state index contributed by atoms with van der Waals surface area (Å²) in [7, 11) is 2.56. The quantitative estimate of drug-likeness (QED) is 0.776. The number of hydrogen-bond donors (Lipinski definition) is 0. The van der Waals surface area contributed by atoms with Gasteiger partial charge in [-0.3, -0.25) is 4.57 Å². The number of halogens is 3. The average molecular weight is 355 g/mol. The van der Waals surface area contributed by atoms with Crippen molar-refractivity contribution in [1.82, 2.24) is 14.8 Å². The Labute approximate surface area is 115 Å². The van der Waals surface area contributed by atoms with E-state index in [4.69, 9.17) is 10.7 Å². The Hall–Kier alpha value is -0.990. The molecule has 0 fully saturated rings. The van der Waals surface area contributed by atoms with E-state index in [1.807, 2.05) is 0 Å². The summed E-state index contributed by atoms with van der Waals surface area (Å²) in [6, 6.07) is 4.37. The van der Waals surface area contributed by atoms with E-state index in [0.29, 0.717) is 4.47 Å². The highest BCUT2D eigenvalue weighted by Crippen LogP contribution is 2.30. The molecule has 1 heterocycles. The second-order valence-electron chi connectivity index (χ2n) is 3.40. The van der Waals surface area contributed by atoms with Gasteiger partial charge >= 0.3 is 0 Å². The fraction of sp³-hybridized carbons (Fsp3) is 0.111. The molecule has 0 spiro atoms. The summed E-state index contributed by atoms with van der Waals surface area (Å²) in [6.45, 7) is 0. The van der Waals surface area contributed by atoms with E-state index in [2.05, 4.69) is 26.1 Å². The monoisotopic (exact) mass is 353 g/mol. The molecule has 0 aliphatic rings. The Balaban J connectivity index is 2.71. The van der Waals surface area contributed by atoms with Gasteiger partial charge in [-0.05, 0) is 28.1 Å². The Kier molecular flexibility index (Phi) is 3.43. The van der Waals surface area contributed by atoms with Crippen LogP contribution < -0.4 is 0 Å². The van der Waals surface area contributed by atoms with Crippen LogP contribution in [0.1, 0.15) is 0 Å². The van der Waals surface area contributed by atoms with Crippen LogP contribution >= 0.6 is 26.6 Å². The molecule has 2 rings (SSSR count). The van der Waals surface area contributed by atoms with Gasteiger partial charge in [0, 0.05) is 22.2 Å². The fourth-order valence-electron chi connectivity index (χ4n) is 1.46. The van der Waals surface area contributed by atoms with Crippen molar-refractivity contribution in [2.45, 2.75) is 5.16 Å². The molecule has 0 amide bonds. The first-order valence-electron chi connectivity index (χ1n) is 4.61. The lowest BCUT2D eigenvalue weighted by Crippen LogP contribution is -2.03. The van der Waals surface area contributed by atoms with Crippen LogP contribution in [0, 0.1) is 5.82 Å². The van der Waals surface area contributed by atoms with Crippen molar-refractivity contribution >= 4 is 35.7 Å². The number of benzene rings is 1. The molecule has 0 atom stereocenters. The Morgan fingerprint density at radius 1 is 1.39 bits per heavy atom. The molecule has 0 radical (unpaired) electrons. The summed E-state index contributed by atoms with van der Waals surface area (Å²) in [5.41, 5.74) is 0.124.